The fourth-order valence-electron chi connectivity index (χ4n) is 3.31. The highest BCUT2D eigenvalue weighted by Crippen LogP contribution is 2.26. The predicted octanol–water partition coefficient (Wildman–Crippen LogP) is 2.89. The number of aromatic hydroxyl groups is 1. The number of rotatable bonds is 4. The maximum absolute atomic E-state index is 12.6. The van der Waals surface area contributed by atoms with Gasteiger partial charge in [0, 0.05) is 17.3 Å². The van der Waals surface area contributed by atoms with Crippen LogP contribution >= 0.6 is 11.6 Å². The van der Waals surface area contributed by atoms with Crippen LogP contribution in [0.3, 0.4) is 0 Å². The molecule has 2 heterocycles. The lowest BCUT2D eigenvalue weighted by Crippen LogP contribution is -2.39. The van der Waals surface area contributed by atoms with Gasteiger partial charge in [-0.3, -0.25) is 14.6 Å². The summed E-state index contributed by atoms with van der Waals surface area (Å²) in [7, 11) is 0. The lowest BCUT2D eigenvalue weighted by atomic mass is 9.84. The van der Waals surface area contributed by atoms with Crippen LogP contribution in [0, 0.1) is 5.92 Å². The van der Waals surface area contributed by atoms with Crippen LogP contribution in [-0.4, -0.2) is 32.0 Å². The van der Waals surface area contributed by atoms with E-state index in [2.05, 4.69) is 20.3 Å². The summed E-state index contributed by atoms with van der Waals surface area (Å²) in [4.78, 5) is 35.2. The van der Waals surface area contributed by atoms with Crippen molar-refractivity contribution >= 4 is 17.5 Å². The summed E-state index contributed by atoms with van der Waals surface area (Å²) in [6.45, 7) is 1.94. The number of carbonyl (C=O) groups is 1. The fourth-order valence-corrected chi connectivity index (χ4v) is 3.47. The molecular formula is C18H21ClN4O3. The van der Waals surface area contributed by atoms with E-state index in [9.17, 15) is 14.7 Å². The smallest absolute Gasteiger partial charge is 0.294 e. The third-order valence-electron chi connectivity index (χ3n) is 4.79. The zero-order valence-corrected chi connectivity index (χ0v) is 15.2. The van der Waals surface area contributed by atoms with Gasteiger partial charge in [0.1, 0.15) is 5.69 Å². The Hall–Kier alpha value is -2.41. The molecule has 1 amide bonds. The molecule has 3 N–H and O–H groups in total. The van der Waals surface area contributed by atoms with Crippen LogP contribution in [0.1, 0.15) is 49.5 Å². The predicted molar refractivity (Wildman–Crippen MR) is 98.3 cm³/mol. The summed E-state index contributed by atoms with van der Waals surface area (Å²) >= 11 is 5.93. The summed E-state index contributed by atoms with van der Waals surface area (Å²) in [5.41, 5.74) is -0.801. The largest absolute Gasteiger partial charge is 0.501 e. The zero-order valence-electron chi connectivity index (χ0n) is 14.5. The van der Waals surface area contributed by atoms with Gasteiger partial charge in [0.05, 0.1) is 0 Å². The summed E-state index contributed by atoms with van der Waals surface area (Å²) in [6, 6.07) is 3.04. The van der Waals surface area contributed by atoms with Gasteiger partial charge >= 0.3 is 0 Å². The van der Waals surface area contributed by atoms with E-state index in [1.165, 1.54) is 18.7 Å². The van der Waals surface area contributed by atoms with Gasteiger partial charge in [0.25, 0.3) is 11.5 Å². The summed E-state index contributed by atoms with van der Waals surface area (Å²) in [5, 5.41) is 13.3. The van der Waals surface area contributed by atoms with E-state index in [1.54, 1.807) is 6.07 Å². The summed E-state index contributed by atoms with van der Waals surface area (Å²) in [5.74, 6) is -0.809. The highest BCUT2D eigenvalue weighted by Gasteiger charge is 2.25. The number of halogens is 1. The minimum Gasteiger partial charge on any atom is -0.501 e. The first-order valence-electron chi connectivity index (χ1n) is 8.72. The van der Waals surface area contributed by atoms with Gasteiger partial charge in [-0.05, 0) is 37.8 Å². The van der Waals surface area contributed by atoms with Crippen LogP contribution in [0.5, 0.6) is 5.75 Å². The molecular weight excluding hydrogens is 356 g/mol. The van der Waals surface area contributed by atoms with Crippen LogP contribution in [-0.2, 0) is 0 Å². The molecule has 0 unspecified atom stereocenters. The number of pyridine rings is 1. The normalized spacial score (nSPS) is 16.2. The number of amides is 1. The average molecular weight is 377 g/mol. The molecule has 1 aliphatic rings. The van der Waals surface area contributed by atoms with Crippen LogP contribution < -0.4 is 10.9 Å². The first-order valence-corrected chi connectivity index (χ1v) is 9.09. The van der Waals surface area contributed by atoms with Crippen molar-refractivity contribution in [1.82, 2.24) is 20.3 Å². The van der Waals surface area contributed by atoms with Crippen molar-refractivity contribution in [3.8, 4) is 17.3 Å². The van der Waals surface area contributed by atoms with Gasteiger partial charge in [-0.1, -0.05) is 30.9 Å². The Morgan fingerprint density at radius 2 is 2.12 bits per heavy atom. The molecule has 3 rings (SSSR count). The number of carbonyl (C=O) groups excluding carboxylic acids is 1. The van der Waals surface area contributed by atoms with Crippen molar-refractivity contribution in [2.45, 2.75) is 45.1 Å². The Morgan fingerprint density at radius 3 is 2.81 bits per heavy atom. The van der Waals surface area contributed by atoms with Crippen LogP contribution in [0.25, 0.3) is 11.5 Å². The van der Waals surface area contributed by atoms with Crippen LogP contribution in [0.15, 0.2) is 23.1 Å². The molecule has 1 aliphatic carbocycles. The molecule has 0 aromatic carbocycles. The first-order chi connectivity index (χ1) is 12.5. The van der Waals surface area contributed by atoms with Gasteiger partial charge < -0.3 is 15.4 Å². The van der Waals surface area contributed by atoms with Crippen LogP contribution in [0.2, 0.25) is 5.02 Å². The van der Waals surface area contributed by atoms with Crippen molar-refractivity contribution in [2.24, 2.45) is 5.92 Å². The van der Waals surface area contributed by atoms with E-state index in [0.717, 1.165) is 25.7 Å². The number of H-pyrrole nitrogens is 1. The van der Waals surface area contributed by atoms with Crippen molar-refractivity contribution < 1.29 is 9.90 Å². The van der Waals surface area contributed by atoms with Crippen molar-refractivity contribution in [1.29, 1.82) is 0 Å². The molecule has 138 valence electrons. The SMILES string of the molecule is C[C@@H](NC(=O)c1nc(-c2cc(Cl)ccn2)[nH]c(=O)c1O)C1CCCCC1. The first kappa shape index (κ1) is 18.4. The number of aromatic nitrogens is 3. The molecule has 26 heavy (non-hydrogen) atoms. The Bertz CT molecular complexity index is 862. The minimum absolute atomic E-state index is 0.0592. The molecule has 1 fully saturated rings. The van der Waals surface area contributed by atoms with Gasteiger partial charge in [-0.2, -0.15) is 0 Å². The minimum atomic E-state index is -0.799. The standard InChI is InChI=1S/C18H21ClN4O3/c1-10(11-5-3-2-4-6-11)21-17(25)14-15(24)18(26)23-16(22-14)13-9-12(19)7-8-20-13/h7-11,24H,2-6H2,1H3,(H,21,25)(H,22,23,26)/t10-/m1/s1. The molecule has 1 saturated carbocycles. The zero-order chi connectivity index (χ0) is 18.7. The number of nitrogens with zero attached hydrogens (tertiary/aromatic N) is 2. The van der Waals surface area contributed by atoms with E-state index in [-0.39, 0.29) is 17.6 Å². The molecule has 0 spiro atoms. The Labute approximate surface area is 155 Å². The quantitative estimate of drug-likeness (QED) is 0.760. The number of hydrogen-bond acceptors (Lipinski definition) is 5. The number of nitrogens with one attached hydrogen (secondary N) is 2. The Morgan fingerprint density at radius 1 is 1.38 bits per heavy atom. The Kier molecular flexibility index (Phi) is 5.56. The molecule has 8 heteroatoms. The maximum atomic E-state index is 12.6. The second kappa shape index (κ2) is 7.86. The monoisotopic (exact) mass is 376 g/mol. The van der Waals surface area contributed by atoms with E-state index in [4.69, 9.17) is 11.6 Å². The van der Waals surface area contributed by atoms with Gasteiger partial charge in [-0.15, -0.1) is 0 Å². The lowest BCUT2D eigenvalue weighted by molar-refractivity contribution is 0.0911. The van der Waals surface area contributed by atoms with Gasteiger partial charge in [0.2, 0.25) is 5.75 Å². The molecule has 0 bridgehead atoms. The molecule has 0 saturated heterocycles. The molecule has 1 atom stereocenters. The lowest BCUT2D eigenvalue weighted by Gasteiger charge is -2.28. The topological polar surface area (TPSA) is 108 Å². The highest BCUT2D eigenvalue weighted by atomic mass is 35.5. The average Bonchev–Trinajstić information content (AvgIpc) is 2.64. The van der Waals surface area contributed by atoms with E-state index in [1.807, 2.05) is 6.92 Å². The third-order valence-corrected chi connectivity index (χ3v) is 5.03. The van der Waals surface area contributed by atoms with Crippen molar-refractivity contribution in [3.05, 3.63) is 39.4 Å². The van der Waals surface area contributed by atoms with Crippen molar-refractivity contribution in [2.75, 3.05) is 0 Å². The summed E-state index contributed by atoms with van der Waals surface area (Å²) in [6.07, 6.45) is 7.13. The molecule has 2 aromatic rings. The summed E-state index contributed by atoms with van der Waals surface area (Å²) < 4.78 is 0. The molecule has 0 aliphatic heterocycles. The molecule has 0 radical (unpaired) electrons. The van der Waals surface area contributed by atoms with E-state index >= 15 is 0 Å². The highest BCUT2D eigenvalue weighted by molar-refractivity contribution is 6.30. The van der Waals surface area contributed by atoms with Crippen molar-refractivity contribution in [3.63, 3.8) is 0 Å². The van der Waals surface area contributed by atoms with Gasteiger partial charge in [0.15, 0.2) is 11.5 Å². The fraction of sp³-hybridized carbons (Fsp3) is 0.444. The van der Waals surface area contributed by atoms with E-state index in [0.29, 0.717) is 16.6 Å². The van der Waals surface area contributed by atoms with Gasteiger partial charge in [-0.25, -0.2) is 4.98 Å². The maximum Gasteiger partial charge on any atom is 0.294 e. The second-order valence-electron chi connectivity index (χ2n) is 6.63. The number of hydrogen-bond donors (Lipinski definition) is 3. The second-order valence-corrected chi connectivity index (χ2v) is 7.07. The van der Waals surface area contributed by atoms with E-state index < -0.39 is 17.2 Å². The Balaban J connectivity index is 1.86. The third kappa shape index (κ3) is 4.04. The number of aromatic amines is 1. The molecule has 7 nitrogen and oxygen atoms in total. The molecule has 2 aromatic heterocycles. The van der Waals surface area contributed by atoms with Crippen LogP contribution in [0.4, 0.5) is 0 Å².